The molecule has 0 atom stereocenters. The third-order valence-corrected chi connectivity index (χ3v) is 2.00. The predicted octanol–water partition coefficient (Wildman–Crippen LogP) is 1.95. The van der Waals surface area contributed by atoms with Crippen LogP contribution >= 0.6 is 24.0 Å². The fraction of sp³-hybridized carbons (Fsp3) is 0.250. The van der Waals surface area contributed by atoms with Gasteiger partial charge in [-0.25, -0.2) is 0 Å². The molecule has 1 aromatic carbocycles. The van der Waals surface area contributed by atoms with Crippen molar-refractivity contribution in [3.05, 3.63) is 22.7 Å². The van der Waals surface area contributed by atoms with E-state index in [1.807, 2.05) is 6.07 Å². The normalized spacial score (nSPS) is 12.5. The highest BCUT2D eigenvalue weighted by Crippen LogP contribution is 2.39. The molecule has 5 heteroatoms. The van der Waals surface area contributed by atoms with Crippen LogP contribution in [-0.4, -0.2) is 6.79 Å². The molecule has 0 saturated heterocycles. The van der Waals surface area contributed by atoms with Crippen molar-refractivity contribution in [2.75, 3.05) is 6.79 Å². The molecule has 0 unspecified atom stereocenters. The zero-order valence-corrected chi connectivity index (χ0v) is 8.32. The molecule has 72 valence electrons. The van der Waals surface area contributed by atoms with Crippen LogP contribution in [-0.2, 0) is 6.54 Å². The van der Waals surface area contributed by atoms with E-state index in [1.165, 1.54) is 0 Å². The maximum atomic E-state index is 5.89. The number of nitrogens with two attached hydrogens (primary N) is 1. The van der Waals surface area contributed by atoms with E-state index < -0.39 is 0 Å². The first-order valence-electron chi connectivity index (χ1n) is 3.59. The molecule has 3 nitrogen and oxygen atoms in total. The summed E-state index contributed by atoms with van der Waals surface area (Å²) < 4.78 is 10.3. The quantitative estimate of drug-likeness (QED) is 0.789. The number of hydrogen-bond acceptors (Lipinski definition) is 3. The van der Waals surface area contributed by atoms with Crippen molar-refractivity contribution in [1.29, 1.82) is 0 Å². The monoisotopic (exact) mass is 221 g/mol. The van der Waals surface area contributed by atoms with Crippen molar-refractivity contribution < 1.29 is 9.47 Å². The van der Waals surface area contributed by atoms with E-state index in [9.17, 15) is 0 Å². The minimum atomic E-state index is 0. The molecule has 1 aliphatic heterocycles. The van der Waals surface area contributed by atoms with Crippen molar-refractivity contribution in [3.8, 4) is 11.5 Å². The Morgan fingerprint density at radius 1 is 1.38 bits per heavy atom. The zero-order valence-electron chi connectivity index (χ0n) is 6.75. The molecule has 0 aromatic heterocycles. The molecule has 2 N–H and O–H groups in total. The van der Waals surface area contributed by atoms with Crippen LogP contribution in [0.3, 0.4) is 0 Å². The van der Waals surface area contributed by atoms with Gasteiger partial charge in [0.2, 0.25) is 6.79 Å². The molecule has 0 aliphatic carbocycles. The van der Waals surface area contributed by atoms with Crippen LogP contribution in [0.15, 0.2) is 12.1 Å². The van der Waals surface area contributed by atoms with Crippen molar-refractivity contribution >= 4 is 24.0 Å². The SMILES string of the molecule is Cl.NCc1cc(Cl)c2c(c1)OCO2. The van der Waals surface area contributed by atoms with Crippen molar-refractivity contribution in [2.24, 2.45) is 5.73 Å². The Morgan fingerprint density at radius 3 is 2.85 bits per heavy atom. The number of ether oxygens (including phenoxy) is 2. The van der Waals surface area contributed by atoms with Crippen LogP contribution in [0.4, 0.5) is 0 Å². The number of rotatable bonds is 1. The van der Waals surface area contributed by atoms with Gasteiger partial charge in [-0.15, -0.1) is 12.4 Å². The molecule has 0 radical (unpaired) electrons. The van der Waals surface area contributed by atoms with Gasteiger partial charge in [-0.3, -0.25) is 0 Å². The van der Waals surface area contributed by atoms with Gasteiger partial charge in [0.05, 0.1) is 5.02 Å². The molecule has 0 spiro atoms. The Labute approximate surface area is 87.2 Å². The fourth-order valence-electron chi connectivity index (χ4n) is 1.14. The molecule has 0 saturated carbocycles. The largest absolute Gasteiger partial charge is 0.454 e. The first kappa shape index (κ1) is 10.4. The topological polar surface area (TPSA) is 44.5 Å². The second-order valence-corrected chi connectivity index (χ2v) is 2.92. The first-order chi connectivity index (χ1) is 5.81. The van der Waals surface area contributed by atoms with Crippen LogP contribution in [0.5, 0.6) is 11.5 Å². The molecule has 1 aliphatic rings. The van der Waals surface area contributed by atoms with E-state index in [0.717, 1.165) is 5.56 Å². The van der Waals surface area contributed by atoms with Gasteiger partial charge in [-0.2, -0.15) is 0 Å². The minimum Gasteiger partial charge on any atom is -0.454 e. The standard InChI is InChI=1S/C8H8ClNO2.ClH/c9-6-1-5(3-10)2-7-8(6)12-4-11-7;/h1-2H,3-4,10H2;1H. The molecule has 1 aromatic rings. The number of fused-ring (bicyclic) bond motifs is 1. The van der Waals surface area contributed by atoms with Gasteiger partial charge in [-0.1, -0.05) is 11.6 Å². The Morgan fingerprint density at radius 2 is 2.15 bits per heavy atom. The summed E-state index contributed by atoms with van der Waals surface area (Å²) in [7, 11) is 0. The number of benzene rings is 1. The second kappa shape index (κ2) is 4.05. The van der Waals surface area contributed by atoms with Crippen molar-refractivity contribution in [1.82, 2.24) is 0 Å². The Balaban J connectivity index is 0.000000845. The van der Waals surface area contributed by atoms with Crippen LogP contribution in [0.25, 0.3) is 0 Å². The summed E-state index contributed by atoms with van der Waals surface area (Å²) in [5, 5.41) is 0.561. The third kappa shape index (κ3) is 1.82. The summed E-state index contributed by atoms with van der Waals surface area (Å²) in [5.74, 6) is 1.30. The van der Waals surface area contributed by atoms with Crippen LogP contribution in [0.2, 0.25) is 5.02 Å². The molecule has 0 fully saturated rings. The lowest BCUT2D eigenvalue weighted by Gasteiger charge is -2.01. The molecule has 13 heavy (non-hydrogen) atoms. The Bertz CT molecular complexity index is 317. The number of hydrogen-bond donors (Lipinski definition) is 1. The molecule has 0 amide bonds. The van der Waals surface area contributed by atoms with Gasteiger partial charge in [0, 0.05) is 6.54 Å². The lowest BCUT2D eigenvalue weighted by atomic mass is 10.2. The highest BCUT2D eigenvalue weighted by atomic mass is 35.5. The van der Waals surface area contributed by atoms with Crippen LogP contribution in [0.1, 0.15) is 5.56 Å². The highest BCUT2D eigenvalue weighted by Gasteiger charge is 2.17. The summed E-state index contributed by atoms with van der Waals surface area (Å²) in [6.07, 6.45) is 0. The van der Waals surface area contributed by atoms with Gasteiger partial charge in [0.1, 0.15) is 0 Å². The molecule has 2 rings (SSSR count). The second-order valence-electron chi connectivity index (χ2n) is 2.52. The zero-order chi connectivity index (χ0) is 8.55. The summed E-state index contributed by atoms with van der Waals surface area (Å²) >= 11 is 5.89. The Kier molecular flexibility index (Phi) is 3.25. The van der Waals surface area contributed by atoms with E-state index in [-0.39, 0.29) is 19.2 Å². The summed E-state index contributed by atoms with van der Waals surface area (Å²) in [6.45, 7) is 0.694. The van der Waals surface area contributed by atoms with E-state index in [0.29, 0.717) is 23.1 Å². The lowest BCUT2D eigenvalue weighted by molar-refractivity contribution is 0.174. The van der Waals surface area contributed by atoms with E-state index in [1.54, 1.807) is 6.07 Å². The molecule has 0 bridgehead atoms. The number of halogens is 2. The lowest BCUT2D eigenvalue weighted by Crippen LogP contribution is -1.95. The van der Waals surface area contributed by atoms with Gasteiger partial charge in [-0.05, 0) is 17.7 Å². The predicted molar refractivity (Wildman–Crippen MR) is 52.7 cm³/mol. The summed E-state index contributed by atoms with van der Waals surface area (Å²) in [5.41, 5.74) is 6.41. The average Bonchev–Trinajstić information content (AvgIpc) is 2.52. The van der Waals surface area contributed by atoms with Gasteiger partial charge >= 0.3 is 0 Å². The van der Waals surface area contributed by atoms with E-state index in [4.69, 9.17) is 26.8 Å². The Hall–Kier alpha value is -0.640. The maximum absolute atomic E-state index is 5.89. The summed E-state index contributed by atoms with van der Waals surface area (Å²) in [4.78, 5) is 0. The highest BCUT2D eigenvalue weighted by molar-refractivity contribution is 6.32. The third-order valence-electron chi connectivity index (χ3n) is 1.72. The van der Waals surface area contributed by atoms with Gasteiger partial charge in [0.15, 0.2) is 11.5 Å². The average molecular weight is 222 g/mol. The molecular weight excluding hydrogens is 213 g/mol. The molecular formula is C8H9Cl2NO2. The van der Waals surface area contributed by atoms with E-state index >= 15 is 0 Å². The van der Waals surface area contributed by atoms with Gasteiger partial charge < -0.3 is 15.2 Å². The van der Waals surface area contributed by atoms with Crippen molar-refractivity contribution in [3.63, 3.8) is 0 Å². The van der Waals surface area contributed by atoms with Crippen molar-refractivity contribution in [2.45, 2.75) is 6.54 Å². The van der Waals surface area contributed by atoms with Gasteiger partial charge in [0.25, 0.3) is 0 Å². The van der Waals surface area contributed by atoms with Crippen LogP contribution < -0.4 is 15.2 Å². The first-order valence-corrected chi connectivity index (χ1v) is 3.97. The smallest absolute Gasteiger partial charge is 0.231 e. The summed E-state index contributed by atoms with van der Waals surface area (Å²) in [6, 6.07) is 3.63. The minimum absolute atomic E-state index is 0. The molecule has 1 heterocycles. The van der Waals surface area contributed by atoms with E-state index in [2.05, 4.69) is 0 Å². The van der Waals surface area contributed by atoms with Crippen LogP contribution in [0, 0.1) is 0 Å². The fourth-order valence-corrected chi connectivity index (χ4v) is 1.43. The maximum Gasteiger partial charge on any atom is 0.231 e.